The lowest BCUT2D eigenvalue weighted by Crippen LogP contribution is -1.68. The fraction of sp³-hybridized carbons (Fsp3) is 0. The van der Waals surface area contributed by atoms with Crippen LogP contribution in [-0.2, 0) is 0 Å². The molecule has 1 aromatic heterocycles. The second-order valence-electron chi connectivity index (χ2n) is 1.29. The van der Waals surface area contributed by atoms with E-state index in [1.54, 1.807) is 6.20 Å². The summed E-state index contributed by atoms with van der Waals surface area (Å²) in [6, 6.07) is 5.63. The van der Waals surface area contributed by atoms with Crippen molar-refractivity contribution >= 4 is 11.2 Å². The molecule has 1 nitrogen and oxygen atoms in total. The molecule has 40 valence electrons. The first-order chi connectivity index (χ1) is 3.93. The fourth-order valence-electron chi connectivity index (χ4n) is 0.417. The number of hydrogen-bond acceptors (Lipinski definition) is 1. The molecule has 1 aromatic rings. The summed E-state index contributed by atoms with van der Waals surface area (Å²) >= 11 is 1.16. The maximum atomic E-state index is 5.20. The van der Waals surface area contributed by atoms with Gasteiger partial charge in [0.15, 0.2) is 0 Å². The largest absolute Gasteiger partial charge is 0.245 e. The van der Waals surface area contributed by atoms with E-state index in [2.05, 4.69) is 4.98 Å². The molecule has 0 amide bonds. The van der Waals surface area contributed by atoms with Crippen LogP contribution in [0.1, 0.15) is 0 Å². The molecule has 0 aliphatic carbocycles. The van der Waals surface area contributed by atoms with E-state index >= 15 is 0 Å². The summed E-state index contributed by atoms with van der Waals surface area (Å²) in [5.41, 5.74) is 5.20. The van der Waals surface area contributed by atoms with Gasteiger partial charge in [-0.3, -0.25) is 0 Å². The lowest BCUT2D eigenvalue weighted by molar-refractivity contribution is 1.14. The Kier molecular flexibility index (Phi) is 1.62. The Morgan fingerprint density at radius 2 is 2.38 bits per heavy atom. The maximum absolute atomic E-state index is 5.20. The molecule has 1 rings (SSSR count). The van der Waals surface area contributed by atoms with E-state index in [1.165, 1.54) is 0 Å². The van der Waals surface area contributed by atoms with Gasteiger partial charge in [-0.15, -0.1) is 5.69 Å². The van der Waals surface area contributed by atoms with Gasteiger partial charge in [-0.05, 0) is 12.1 Å². The van der Waals surface area contributed by atoms with E-state index in [0.717, 1.165) is 16.2 Å². The highest BCUT2D eigenvalue weighted by molar-refractivity contribution is 7.88. The molecule has 0 aromatic carbocycles. The highest BCUT2D eigenvalue weighted by Crippen LogP contribution is 1.99. The van der Waals surface area contributed by atoms with Crippen molar-refractivity contribution in [1.82, 2.24) is 4.98 Å². The second kappa shape index (κ2) is 2.46. The zero-order valence-electron chi connectivity index (χ0n) is 4.24. The van der Waals surface area contributed by atoms with Gasteiger partial charge in [0.2, 0.25) is 0 Å². The molecule has 0 fully saturated rings. The minimum absolute atomic E-state index is 0.854. The highest BCUT2D eigenvalue weighted by Gasteiger charge is 1.78. The van der Waals surface area contributed by atoms with E-state index in [1.807, 2.05) is 18.2 Å². The number of nitrogens with zero attached hydrogens (tertiary/aromatic N) is 1. The fourth-order valence-corrected chi connectivity index (χ4v) is 0.696. The molecule has 0 aliphatic heterocycles. The first kappa shape index (κ1) is 5.29. The molecule has 0 aliphatic rings. The lowest BCUT2D eigenvalue weighted by atomic mass is 10.5. The molecule has 0 saturated heterocycles. The highest BCUT2D eigenvalue weighted by atomic mass is 32.1. The van der Waals surface area contributed by atoms with Crippen molar-refractivity contribution in [2.24, 2.45) is 0 Å². The Labute approximate surface area is 52.0 Å². The third-order valence-electron chi connectivity index (χ3n) is 0.759. The zero-order valence-corrected chi connectivity index (χ0v) is 5.06. The Bertz CT molecular complexity index is 200. The molecule has 0 radical (unpaired) electrons. The minimum Gasteiger partial charge on any atom is -0.245 e. The van der Waals surface area contributed by atoms with Crippen LogP contribution in [0.4, 0.5) is 0 Å². The normalized spacial score (nSPS) is 8.38. The van der Waals surface area contributed by atoms with Crippen LogP contribution in [0.25, 0.3) is 0 Å². The van der Waals surface area contributed by atoms with Gasteiger partial charge in [-0.25, -0.2) is 4.98 Å². The predicted molar refractivity (Wildman–Crippen MR) is 35.0 cm³/mol. The molecule has 0 unspecified atom stereocenters. The van der Waals surface area contributed by atoms with Gasteiger partial charge in [0.05, 0.1) is 0 Å². The van der Waals surface area contributed by atoms with Crippen LogP contribution in [-0.4, -0.2) is 4.98 Å². The average Bonchev–Trinajstić information content (AvgIpc) is 1.90. The Morgan fingerprint density at radius 1 is 1.50 bits per heavy atom. The third-order valence-corrected chi connectivity index (χ3v) is 1.24. The number of pyridine rings is 1. The standard InChI is InChI=1S/C6H5NS/c1-8-6-4-2-3-5-7-6/h1-5H. The summed E-state index contributed by atoms with van der Waals surface area (Å²) in [4.78, 5) is 3.94. The van der Waals surface area contributed by atoms with E-state index < -0.39 is 0 Å². The Morgan fingerprint density at radius 3 is 2.75 bits per heavy atom. The van der Waals surface area contributed by atoms with Crippen LogP contribution in [0.5, 0.6) is 0 Å². The summed E-state index contributed by atoms with van der Waals surface area (Å²) in [6.45, 7) is 0. The van der Waals surface area contributed by atoms with Crippen LogP contribution in [0, 0.1) is 5.69 Å². The first-order valence-corrected chi connectivity index (χ1v) is 3.09. The van der Waals surface area contributed by atoms with E-state index in [0.29, 0.717) is 0 Å². The van der Waals surface area contributed by atoms with Crippen LogP contribution in [0.3, 0.4) is 0 Å². The van der Waals surface area contributed by atoms with Crippen LogP contribution >= 0.6 is 11.2 Å². The van der Waals surface area contributed by atoms with Crippen molar-refractivity contribution in [3.63, 3.8) is 0 Å². The molecular weight excluding hydrogens is 118 g/mol. The Hall–Kier alpha value is -0.850. The van der Waals surface area contributed by atoms with Crippen molar-refractivity contribution in [3.05, 3.63) is 24.4 Å². The molecule has 1 heterocycles. The van der Waals surface area contributed by atoms with E-state index in [9.17, 15) is 0 Å². The van der Waals surface area contributed by atoms with Crippen molar-refractivity contribution in [1.29, 1.82) is 0 Å². The van der Waals surface area contributed by atoms with Gasteiger partial charge in [0, 0.05) is 6.20 Å². The number of aromatic nitrogens is 1. The van der Waals surface area contributed by atoms with Crippen molar-refractivity contribution in [2.75, 3.05) is 0 Å². The lowest BCUT2D eigenvalue weighted by Gasteiger charge is -1.81. The quantitative estimate of drug-likeness (QED) is 0.512. The third kappa shape index (κ3) is 1.06. The second-order valence-corrected chi connectivity index (χ2v) is 1.94. The predicted octanol–water partition coefficient (Wildman–Crippen LogP) is 1.76. The topological polar surface area (TPSA) is 12.9 Å². The van der Waals surface area contributed by atoms with Crippen LogP contribution < -0.4 is 0 Å². The van der Waals surface area contributed by atoms with Crippen molar-refractivity contribution in [3.8, 4) is 5.69 Å². The van der Waals surface area contributed by atoms with Crippen molar-refractivity contribution in [2.45, 2.75) is 5.03 Å². The minimum atomic E-state index is 0.854. The summed E-state index contributed by atoms with van der Waals surface area (Å²) < 4.78 is 0. The average molecular weight is 123 g/mol. The maximum Gasteiger partial charge on any atom is 0.123 e. The molecule has 0 spiro atoms. The zero-order chi connectivity index (χ0) is 5.82. The van der Waals surface area contributed by atoms with Crippen LogP contribution in [0.15, 0.2) is 29.4 Å². The Balaban J connectivity index is 3.05. The van der Waals surface area contributed by atoms with Gasteiger partial charge in [-0.2, -0.15) is 0 Å². The van der Waals surface area contributed by atoms with Gasteiger partial charge in [0.1, 0.15) is 5.03 Å². The molecule has 0 atom stereocenters. The number of rotatable bonds is 0. The summed E-state index contributed by atoms with van der Waals surface area (Å²) in [7, 11) is 0. The molecular formula is C6H5NS. The van der Waals surface area contributed by atoms with Gasteiger partial charge < -0.3 is 0 Å². The van der Waals surface area contributed by atoms with E-state index in [-0.39, 0.29) is 0 Å². The van der Waals surface area contributed by atoms with Crippen molar-refractivity contribution < 1.29 is 0 Å². The smallest absolute Gasteiger partial charge is 0.123 e. The molecule has 0 N–H and O–H groups in total. The molecule has 0 bridgehead atoms. The van der Waals surface area contributed by atoms with Gasteiger partial charge in [0.25, 0.3) is 0 Å². The SMILES string of the molecule is C#Sc1ccccn1. The van der Waals surface area contributed by atoms with Gasteiger partial charge >= 0.3 is 0 Å². The summed E-state index contributed by atoms with van der Waals surface area (Å²) in [6.07, 6.45) is 1.72. The first-order valence-electron chi connectivity index (χ1n) is 2.21. The molecule has 0 saturated carbocycles. The molecule has 2 heteroatoms. The van der Waals surface area contributed by atoms with Crippen LogP contribution in [0.2, 0.25) is 0 Å². The number of hydrogen-bond donors (Lipinski definition) is 0. The van der Waals surface area contributed by atoms with Gasteiger partial charge in [-0.1, -0.05) is 17.2 Å². The monoisotopic (exact) mass is 123 g/mol. The molecule has 8 heavy (non-hydrogen) atoms. The summed E-state index contributed by atoms with van der Waals surface area (Å²) in [5.74, 6) is 0. The summed E-state index contributed by atoms with van der Waals surface area (Å²) in [5, 5.41) is 0.854. The van der Waals surface area contributed by atoms with E-state index in [4.69, 9.17) is 5.69 Å².